The number of hydrogen-bond donors (Lipinski definition) is 0. The number of morpholine rings is 1. The van der Waals surface area contributed by atoms with Crippen LogP contribution < -0.4 is 0 Å². The highest BCUT2D eigenvalue weighted by Crippen LogP contribution is 2.28. The Morgan fingerprint density at radius 1 is 1.00 bits per heavy atom. The highest BCUT2D eigenvalue weighted by Gasteiger charge is 2.28. The number of amides is 1. The molecule has 1 amide bonds. The molecule has 2 fully saturated rings. The summed E-state index contributed by atoms with van der Waals surface area (Å²) in [6, 6.07) is 6.32. The van der Waals surface area contributed by atoms with E-state index < -0.39 is 10.0 Å². The molecular formula is C22H28N4O4S2. The molecule has 32 heavy (non-hydrogen) atoms. The van der Waals surface area contributed by atoms with E-state index in [9.17, 15) is 13.2 Å². The molecule has 5 rings (SSSR count). The number of carbonyl (C=O) groups excluding carboxylic acids is 1. The second kappa shape index (κ2) is 9.18. The van der Waals surface area contributed by atoms with Crippen LogP contribution in [0.3, 0.4) is 0 Å². The minimum absolute atomic E-state index is 0.0480. The van der Waals surface area contributed by atoms with E-state index in [1.165, 1.54) is 44.9 Å². The average molecular weight is 477 g/mol. The first kappa shape index (κ1) is 22.0. The lowest BCUT2D eigenvalue weighted by atomic mass is 10.2. The Labute approximate surface area is 192 Å². The molecule has 0 atom stereocenters. The molecule has 172 valence electrons. The second-order valence-corrected chi connectivity index (χ2v) is 11.5. The number of hydrogen-bond acceptors (Lipinski definition) is 7. The number of benzene rings is 1. The van der Waals surface area contributed by atoms with Gasteiger partial charge in [-0.25, -0.2) is 13.4 Å². The summed E-state index contributed by atoms with van der Waals surface area (Å²) >= 11 is 1.84. The molecule has 2 aromatic rings. The van der Waals surface area contributed by atoms with Crippen LogP contribution in [0.4, 0.5) is 0 Å². The van der Waals surface area contributed by atoms with Gasteiger partial charge >= 0.3 is 0 Å². The molecule has 3 aliphatic rings. The molecule has 1 aromatic carbocycles. The number of rotatable bonds is 5. The summed E-state index contributed by atoms with van der Waals surface area (Å²) in [6.45, 7) is 5.36. The van der Waals surface area contributed by atoms with E-state index >= 15 is 0 Å². The van der Waals surface area contributed by atoms with Gasteiger partial charge in [-0.3, -0.25) is 9.69 Å². The number of carbonyl (C=O) groups is 1. The van der Waals surface area contributed by atoms with Gasteiger partial charge < -0.3 is 9.64 Å². The third-order valence-electron chi connectivity index (χ3n) is 6.37. The van der Waals surface area contributed by atoms with Gasteiger partial charge in [-0.05, 0) is 43.5 Å². The van der Waals surface area contributed by atoms with Crippen LogP contribution in [0.5, 0.6) is 0 Å². The lowest BCUT2D eigenvalue weighted by Crippen LogP contribution is -2.48. The van der Waals surface area contributed by atoms with Crippen molar-refractivity contribution >= 4 is 27.3 Å². The summed E-state index contributed by atoms with van der Waals surface area (Å²) in [5.41, 5.74) is 1.81. The Kier molecular flexibility index (Phi) is 6.31. The van der Waals surface area contributed by atoms with Crippen LogP contribution in [0.1, 0.15) is 32.4 Å². The fourth-order valence-corrected chi connectivity index (χ4v) is 7.11. The van der Waals surface area contributed by atoms with E-state index in [1.807, 2.05) is 16.2 Å². The zero-order valence-corrected chi connectivity index (χ0v) is 19.7. The first-order valence-electron chi connectivity index (χ1n) is 11.2. The van der Waals surface area contributed by atoms with Gasteiger partial charge in [0.05, 0.1) is 30.3 Å². The van der Waals surface area contributed by atoms with Crippen LogP contribution >= 0.6 is 11.3 Å². The summed E-state index contributed by atoms with van der Waals surface area (Å²) < 4.78 is 32.2. The normalized spacial score (nSPS) is 20.4. The summed E-state index contributed by atoms with van der Waals surface area (Å²) in [6.07, 6.45) is 3.51. The maximum Gasteiger partial charge on any atom is 0.253 e. The molecule has 2 saturated heterocycles. The smallest absolute Gasteiger partial charge is 0.253 e. The molecule has 2 aliphatic heterocycles. The van der Waals surface area contributed by atoms with Gasteiger partial charge in [0.1, 0.15) is 5.01 Å². The van der Waals surface area contributed by atoms with Crippen LogP contribution in [0, 0.1) is 0 Å². The van der Waals surface area contributed by atoms with Gasteiger partial charge in [0.15, 0.2) is 0 Å². The summed E-state index contributed by atoms with van der Waals surface area (Å²) in [7, 11) is -3.55. The number of sulfonamides is 1. The first-order valence-corrected chi connectivity index (χ1v) is 13.4. The molecule has 3 heterocycles. The number of nitrogens with zero attached hydrogens (tertiary/aromatic N) is 4. The Morgan fingerprint density at radius 3 is 2.41 bits per heavy atom. The Balaban J connectivity index is 1.17. The predicted molar refractivity (Wildman–Crippen MR) is 121 cm³/mol. The molecule has 10 heteroatoms. The van der Waals surface area contributed by atoms with Gasteiger partial charge in [-0.2, -0.15) is 4.31 Å². The standard InChI is InChI=1S/C22H28N4O4S2/c27-22(17-4-6-18(7-5-17)32(28,29)26-12-14-30-15-13-26)25-10-8-24(9-11-25)16-21-23-19-2-1-3-20(19)31-21/h4-7H,1-3,8-16H2. The van der Waals surface area contributed by atoms with E-state index in [-0.39, 0.29) is 10.8 Å². The molecular weight excluding hydrogens is 448 g/mol. The van der Waals surface area contributed by atoms with Crippen molar-refractivity contribution in [2.24, 2.45) is 0 Å². The van der Waals surface area contributed by atoms with Crippen molar-refractivity contribution in [1.29, 1.82) is 0 Å². The quantitative estimate of drug-likeness (QED) is 0.652. The van der Waals surface area contributed by atoms with Gasteiger partial charge in [0.2, 0.25) is 10.0 Å². The fourth-order valence-electron chi connectivity index (χ4n) is 4.50. The van der Waals surface area contributed by atoms with Gasteiger partial charge in [-0.15, -0.1) is 11.3 Å². The third-order valence-corrected chi connectivity index (χ3v) is 9.42. The van der Waals surface area contributed by atoms with E-state index in [1.54, 1.807) is 12.1 Å². The minimum Gasteiger partial charge on any atom is -0.379 e. The molecule has 1 aromatic heterocycles. The topological polar surface area (TPSA) is 83.0 Å². The number of thiazole rings is 1. The van der Waals surface area contributed by atoms with Crippen molar-refractivity contribution in [2.75, 3.05) is 52.5 Å². The van der Waals surface area contributed by atoms with E-state index in [0.717, 1.165) is 26.1 Å². The molecule has 0 saturated carbocycles. The number of aromatic nitrogens is 1. The van der Waals surface area contributed by atoms with Crippen molar-refractivity contribution < 1.29 is 17.9 Å². The highest BCUT2D eigenvalue weighted by molar-refractivity contribution is 7.89. The number of aryl methyl sites for hydroxylation is 2. The predicted octanol–water partition coefficient (Wildman–Crippen LogP) is 1.61. The maximum atomic E-state index is 12.9. The van der Waals surface area contributed by atoms with Crippen molar-refractivity contribution in [3.05, 3.63) is 45.4 Å². The van der Waals surface area contributed by atoms with Crippen LogP contribution in [-0.4, -0.2) is 85.9 Å². The maximum absolute atomic E-state index is 12.9. The van der Waals surface area contributed by atoms with Crippen molar-refractivity contribution in [2.45, 2.75) is 30.7 Å². The Hall–Kier alpha value is -1.85. The number of piperazine rings is 1. The number of ether oxygens (including phenoxy) is 1. The largest absolute Gasteiger partial charge is 0.379 e. The van der Waals surface area contributed by atoms with Gasteiger partial charge in [0.25, 0.3) is 5.91 Å². The van der Waals surface area contributed by atoms with Crippen LogP contribution in [0.25, 0.3) is 0 Å². The molecule has 8 nitrogen and oxygen atoms in total. The van der Waals surface area contributed by atoms with Crippen LogP contribution in [-0.2, 0) is 34.1 Å². The van der Waals surface area contributed by atoms with Gasteiger partial charge in [-0.1, -0.05) is 0 Å². The summed E-state index contributed by atoms with van der Waals surface area (Å²) in [4.78, 5) is 23.6. The molecule has 1 aliphatic carbocycles. The third kappa shape index (κ3) is 4.47. The molecule has 0 unspecified atom stereocenters. The van der Waals surface area contributed by atoms with Crippen LogP contribution in [0.15, 0.2) is 29.2 Å². The Bertz CT molecular complexity index is 1050. The lowest BCUT2D eigenvalue weighted by Gasteiger charge is -2.34. The zero-order chi connectivity index (χ0) is 22.1. The zero-order valence-electron chi connectivity index (χ0n) is 18.0. The summed E-state index contributed by atoms with van der Waals surface area (Å²) in [5.74, 6) is -0.0480. The highest BCUT2D eigenvalue weighted by atomic mass is 32.2. The average Bonchev–Trinajstić information content (AvgIpc) is 3.42. The van der Waals surface area contributed by atoms with E-state index in [2.05, 4.69) is 4.90 Å². The van der Waals surface area contributed by atoms with Crippen molar-refractivity contribution in [3.8, 4) is 0 Å². The lowest BCUT2D eigenvalue weighted by molar-refractivity contribution is 0.0628. The SMILES string of the molecule is O=C(c1ccc(S(=O)(=O)N2CCOCC2)cc1)N1CCN(Cc2nc3c(s2)CCC3)CC1. The Morgan fingerprint density at radius 2 is 1.72 bits per heavy atom. The van der Waals surface area contributed by atoms with Crippen molar-refractivity contribution in [3.63, 3.8) is 0 Å². The number of fused-ring (bicyclic) bond motifs is 1. The fraction of sp³-hybridized carbons (Fsp3) is 0.545. The minimum atomic E-state index is -3.55. The first-order chi connectivity index (χ1) is 15.5. The second-order valence-electron chi connectivity index (χ2n) is 8.44. The molecule has 0 bridgehead atoms. The van der Waals surface area contributed by atoms with Crippen LogP contribution in [0.2, 0.25) is 0 Å². The molecule has 0 spiro atoms. The van der Waals surface area contributed by atoms with Gasteiger partial charge in [0, 0.05) is 49.7 Å². The molecule has 0 N–H and O–H groups in total. The van der Waals surface area contributed by atoms with E-state index in [4.69, 9.17) is 9.72 Å². The molecule has 0 radical (unpaired) electrons. The van der Waals surface area contributed by atoms with E-state index in [0.29, 0.717) is 45.0 Å². The monoisotopic (exact) mass is 476 g/mol. The summed E-state index contributed by atoms with van der Waals surface area (Å²) in [5, 5.41) is 1.19. The van der Waals surface area contributed by atoms with Crippen molar-refractivity contribution in [1.82, 2.24) is 19.1 Å².